The first kappa shape index (κ1) is 28.9. The van der Waals surface area contributed by atoms with Gasteiger partial charge in [0.15, 0.2) is 0 Å². The van der Waals surface area contributed by atoms with Gasteiger partial charge in [0, 0.05) is 30.9 Å². The third-order valence-corrected chi connectivity index (χ3v) is 7.40. The van der Waals surface area contributed by atoms with Crippen molar-refractivity contribution in [2.75, 3.05) is 28.6 Å². The van der Waals surface area contributed by atoms with E-state index >= 15 is 0 Å². The summed E-state index contributed by atoms with van der Waals surface area (Å²) in [5.41, 5.74) is 1.92. The second kappa shape index (κ2) is 12.9. The zero-order valence-corrected chi connectivity index (χ0v) is 23.0. The minimum absolute atomic E-state index is 0.133. The molecule has 2 amide bonds. The number of pyridine rings is 2. The fraction of sp³-hybridized carbons (Fsp3) is 0.286. The van der Waals surface area contributed by atoms with E-state index in [2.05, 4.69) is 40.4 Å². The van der Waals surface area contributed by atoms with E-state index in [4.69, 9.17) is 0 Å². The van der Waals surface area contributed by atoms with Crippen molar-refractivity contribution in [3.63, 3.8) is 0 Å². The molecule has 0 spiro atoms. The number of piperidine rings is 1. The standard InChI is InChI=1S/C28H26F3N7O3S/c29-28(30,31)41-22-8-3-5-18(13-22)14-24(39)34-23-10-9-21(16-33-23)38-12-4-6-19(17-38)26-36-37-27(42-26)35-25(40)15-20-7-1-2-11-32-20/h1-3,5,7-11,13,16,19H,4,6,12,14-15,17H2,(H,33,34,39)(H,35,37,40)/t19-/m1/s1. The zero-order chi connectivity index (χ0) is 29.5. The smallest absolute Gasteiger partial charge is 0.406 e. The van der Waals surface area contributed by atoms with E-state index < -0.39 is 12.3 Å². The molecule has 0 unspecified atom stereocenters. The molecule has 0 aliphatic carbocycles. The van der Waals surface area contributed by atoms with Gasteiger partial charge in [0.05, 0.1) is 24.7 Å². The predicted molar refractivity (Wildman–Crippen MR) is 150 cm³/mol. The Morgan fingerprint density at radius 1 is 1.00 bits per heavy atom. The minimum atomic E-state index is -4.81. The monoisotopic (exact) mass is 597 g/mol. The highest BCUT2D eigenvalue weighted by Gasteiger charge is 2.31. The maximum atomic E-state index is 12.5. The van der Waals surface area contributed by atoms with E-state index in [0.29, 0.717) is 28.8 Å². The van der Waals surface area contributed by atoms with Gasteiger partial charge in [-0.15, -0.1) is 23.4 Å². The number of carbonyl (C=O) groups is 2. The molecule has 4 heterocycles. The Labute approximate surface area is 243 Å². The van der Waals surface area contributed by atoms with Gasteiger partial charge in [-0.25, -0.2) is 4.98 Å². The largest absolute Gasteiger partial charge is 0.573 e. The van der Waals surface area contributed by atoms with Gasteiger partial charge in [-0.1, -0.05) is 29.5 Å². The molecule has 0 bridgehead atoms. The van der Waals surface area contributed by atoms with Crippen LogP contribution in [-0.4, -0.2) is 51.4 Å². The van der Waals surface area contributed by atoms with E-state index in [0.717, 1.165) is 30.1 Å². The van der Waals surface area contributed by atoms with Crippen LogP contribution in [0.15, 0.2) is 67.0 Å². The number of nitrogens with zero attached hydrogens (tertiary/aromatic N) is 5. The molecule has 1 atom stereocenters. The topological polar surface area (TPSA) is 122 Å². The number of amides is 2. The Kier molecular flexibility index (Phi) is 8.91. The molecule has 1 fully saturated rings. The zero-order valence-electron chi connectivity index (χ0n) is 22.2. The normalized spacial score (nSPS) is 15.2. The fourth-order valence-electron chi connectivity index (χ4n) is 4.57. The molecule has 14 heteroatoms. The van der Waals surface area contributed by atoms with Crippen LogP contribution in [0.1, 0.15) is 35.0 Å². The molecule has 1 aromatic carbocycles. The van der Waals surface area contributed by atoms with E-state index in [-0.39, 0.29) is 30.4 Å². The van der Waals surface area contributed by atoms with E-state index in [1.807, 2.05) is 12.1 Å². The molecule has 4 aromatic rings. The number of ether oxygens (including phenoxy) is 1. The molecule has 0 saturated carbocycles. The molecular weight excluding hydrogens is 571 g/mol. The van der Waals surface area contributed by atoms with E-state index in [9.17, 15) is 22.8 Å². The summed E-state index contributed by atoms with van der Waals surface area (Å²) in [6.45, 7) is 1.52. The second-order valence-electron chi connectivity index (χ2n) is 9.60. The van der Waals surface area contributed by atoms with E-state index in [1.54, 1.807) is 36.7 Å². The molecule has 218 valence electrons. The molecular formula is C28H26F3N7O3S. The van der Waals surface area contributed by atoms with Crippen molar-refractivity contribution in [3.8, 4) is 5.75 Å². The van der Waals surface area contributed by atoms with Crippen LogP contribution in [0.2, 0.25) is 0 Å². The molecule has 2 N–H and O–H groups in total. The first-order valence-electron chi connectivity index (χ1n) is 13.1. The Balaban J connectivity index is 1.13. The molecule has 1 aliphatic heterocycles. The van der Waals surface area contributed by atoms with Crippen LogP contribution in [0.4, 0.5) is 29.8 Å². The van der Waals surface area contributed by atoms with Crippen molar-refractivity contribution in [2.24, 2.45) is 0 Å². The average molecular weight is 598 g/mol. The number of alkyl halides is 3. The highest BCUT2D eigenvalue weighted by Crippen LogP contribution is 2.33. The number of benzene rings is 1. The summed E-state index contributed by atoms with van der Waals surface area (Å²) >= 11 is 1.36. The van der Waals surface area contributed by atoms with Crippen molar-refractivity contribution in [2.45, 2.75) is 38.0 Å². The van der Waals surface area contributed by atoms with Crippen LogP contribution in [0.5, 0.6) is 5.75 Å². The second-order valence-corrected chi connectivity index (χ2v) is 10.6. The highest BCUT2D eigenvalue weighted by atomic mass is 32.1. The number of rotatable bonds is 9. The first-order chi connectivity index (χ1) is 20.2. The van der Waals surface area contributed by atoms with Gasteiger partial charge in [-0.05, 0) is 54.8 Å². The van der Waals surface area contributed by atoms with Crippen LogP contribution in [0, 0.1) is 0 Å². The summed E-state index contributed by atoms with van der Waals surface area (Å²) in [7, 11) is 0. The summed E-state index contributed by atoms with van der Waals surface area (Å²) in [6, 6.07) is 14.2. The highest BCUT2D eigenvalue weighted by molar-refractivity contribution is 7.15. The van der Waals surface area contributed by atoms with Crippen LogP contribution in [-0.2, 0) is 22.4 Å². The lowest BCUT2D eigenvalue weighted by Crippen LogP contribution is -2.34. The van der Waals surface area contributed by atoms with Crippen LogP contribution < -0.4 is 20.3 Å². The number of halogens is 3. The summed E-state index contributed by atoms with van der Waals surface area (Å²) in [5.74, 6) is -0.546. The number of hydrogen-bond acceptors (Lipinski definition) is 9. The first-order valence-corrected chi connectivity index (χ1v) is 13.9. The van der Waals surface area contributed by atoms with Gasteiger partial charge in [-0.3, -0.25) is 14.6 Å². The SMILES string of the molecule is O=C(Cc1cccc(OC(F)(F)F)c1)Nc1ccc(N2CCC[C@@H](c3nnc(NC(=O)Cc4ccccn4)s3)C2)cn1. The molecule has 10 nitrogen and oxygen atoms in total. The van der Waals surface area contributed by atoms with Crippen LogP contribution in [0.3, 0.4) is 0 Å². The van der Waals surface area contributed by atoms with Crippen molar-refractivity contribution < 1.29 is 27.5 Å². The van der Waals surface area contributed by atoms with E-state index in [1.165, 1.54) is 29.5 Å². The van der Waals surface area contributed by atoms with Gasteiger partial charge in [0.25, 0.3) is 0 Å². The van der Waals surface area contributed by atoms with Crippen LogP contribution in [0.25, 0.3) is 0 Å². The Hall–Kier alpha value is -4.59. The van der Waals surface area contributed by atoms with Crippen LogP contribution >= 0.6 is 11.3 Å². The van der Waals surface area contributed by atoms with Gasteiger partial charge >= 0.3 is 6.36 Å². The molecule has 42 heavy (non-hydrogen) atoms. The van der Waals surface area contributed by atoms with Gasteiger partial charge in [-0.2, -0.15) is 0 Å². The predicted octanol–water partition coefficient (Wildman–Crippen LogP) is 4.97. The number of aromatic nitrogens is 4. The Morgan fingerprint density at radius 3 is 2.62 bits per heavy atom. The van der Waals surface area contributed by atoms with Crippen molar-refractivity contribution in [3.05, 3.63) is 83.3 Å². The van der Waals surface area contributed by atoms with Crippen molar-refractivity contribution >= 4 is 39.8 Å². The summed E-state index contributed by atoms with van der Waals surface area (Å²) in [5, 5.41) is 15.2. The number of nitrogens with one attached hydrogen (secondary N) is 2. The summed E-state index contributed by atoms with van der Waals surface area (Å²) in [6.07, 6.45) is 0.383. The van der Waals surface area contributed by atoms with Crippen molar-refractivity contribution in [1.82, 2.24) is 20.2 Å². The summed E-state index contributed by atoms with van der Waals surface area (Å²) < 4.78 is 41.3. The lowest BCUT2D eigenvalue weighted by molar-refractivity contribution is -0.274. The maximum Gasteiger partial charge on any atom is 0.573 e. The molecule has 1 saturated heterocycles. The lowest BCUT2D eigenvalue weighted by Gasteiger charge is -2.33. The quantitative estimate of drug-likeness (QED) is 0.277. The lowest BCUT2D eigenvalue weighted by atomic mass is 9.98. The fourth-order valence-corrected chi connectivity index (χ4v) is 5.45. The number of carbonyl (C=O) groups excluding carboxylic acids is 2. The Bertz CT molecular complexity index is 1520. The van der Waals surface area contributed by atoms with Crippen molar-refractivity contribution in [1.29, 1.82) is 0 Å². The third kappa shape index (κ3) is 8.22. The molecule has 3 aromatic heterocycles. The molecule has 1 aliphatic rings. The summed E-state index contributed by atoms with van der Waals surface area (Å²) in [4.78, 5) is 35.5. The number of hydrogen-bond donors (Lipinski definition) is 2. The minimum Gasteiger partial charge on any atom is -0.406 e. The van der Waals surface area contributed by atoms with Gasteiger partial charge in [0.1, 0.15) is 16.6 Å². The Morgan fingerprint density at radius 2 is 1.86 bits per heavy atom. The van der Waals surface area contributed by atoms with Gasteiger partial charge in [0.2, 0.25) is 16.9 Å². The molecule has 0 radical (unpaired) electrons. The molecule has 5 rings (SSSR count). The number of anilines is 3. The average Bonchev–Trinajstić information content (AvgIpc) is 3.41. The third-order valence-electron chi connectivity index (χ3n) is 6.40. The maximum absolute atomic E-state index is 12.5. The van der Waals surface area contributed by atoms with Gasteiger partial charge < -0.3 is 20.3 Å².